The van der Waals surface area contributed by atoms with Crippen LogP contribution in [0.4, 0.5) is 8.78 Å². The Labute approximate surface area is 86.1 Å². The van der Waals surface area contributed by atoms with E-state index in [1.54, 1.807) is 0 Å². The molecule has 0 aliphatic heterocycles. The van der Waals surface area contributed by atoms with E-state index in [0.29, 0.717) is 12.8 Å². The molecular formula is C11H11F2NO. The number of carbonyl (C=O) groups is 1. The summed E-state index contributed by atoms with van der Waals surface area (Å²) in [5.41, 5.74) is 5.78. The van der Waals surface area contributed by atoms with Gasteiger partial charge in [0, 0.05) is 17.5 Å². The fourth-order valence-electron chi connectivity index (χ4n) is 1.76. The molecule has 80 valence electrons. The average Bonchev–Trinajstić information content (AvgIpc) is 2.16. The van der Waals surface area contributed by atoms with Crippen LogP contribution in [0, 0.1) is 17.6 Å². The molecule has 2 rings (SSSR count). The van der Waals surface area contributed by atoms with E-state index in [1.807, 2.05) is 0 Å². The zero-order valence-electron chi connectivity index (χ0n) is 8.04. The first-order valence-corrected chi connectivity index (χ1v) is 4.83. The van der Waals surface area contributed by atoms with E-state index >= 15 is 0 Å². The number of ketones is 1. The van der Waals surface area contributed by atoms with Gasteiger partial charge in [-0.15, -0.1) is 0 Å². The minimum atomic E-state index is -0.982. The van der Waals surface area contributed by atoms with Crippen LogP contribution < -0.4 is 5.73 Å². The van der Waals surface area contributed by atoms with Gasteiger partial charge in [0.1, 0.15) is 0 Å². The second-order valence-corrected chi connectivity index (χ2v) is 3.92. The van der Waals surface area contributed by atoms with Crippen LogP contribution in [0.2, 0.25) is 0 Å². The Balaban J connectivity index is 2.16. The Bertz CT molecular complexity index is 400. The highest BCUT2D eigenvalue weighted by Gasteiger charge is 2.32. The summed E-state index contributed by atoms with van der Waals surface area (Å²) in [6.45, 7) is 0. The van der Waals surface area contributed by atoms with Crippen LogP contribution in [-0.2, 0) is 0 Å². The summed E-state index contributed by atoms with van der Waals surface area (Å²) in [6, 6.07) is 3.30. The lowest BCUT2D eigenvalue weighted by molar-refractivity contribution is 0.0832. The molecule has 0 atom stereocenters. The monoisotopic (exact) mass is 211 g/mol. The minimum absolute atomic E-state index is 0.0734. The van der Waals surface area contributed by atoms with E-state index in [0.717, 1.165) is 12.1 Å². The first-order chi connectivity index (χ1) is 7.08. The first kappa shape index (κ1) is 10.2. The predicted octanol–water partition coefficient (Wildman–Crippen LogP) is 1.88. The van der Waals surface area contributed by atoms with E-state index in [2.05, 4.69) is 0 Å². The molecule has 0 bridgehead atoms. The molecular weight excluding hydrogens is 200 g/mol. The van der Waals surface area contributed by atoms with Gasteiger partial charge in [0.15, 0.2) is 17.4 Å². The molecule has 1 aromatic rings. The van der Waals surface area contributed by atoms with Crippen LogP contribution in [0.15, 0.2) is 18.2 Å². The highest BCUT2D eigenvalue weighted by Crippen LogP contribution is 2.29. The standard InChI is InChI=1S/C11H11F2NO/c12-9-2-1-6(5-10(9)13)11(15)7-3-8(14)4-7/h1-2,5,7-8H,3-4,14H2. The van der Waals surface area contributed by atoms with Gasteiger partial charge in [-0.1, -0.05) is 0 Å². The Morgan fingerprint density at radius 1 is 1.27 bits per heavy atom. The third-order valence-corrected chi connectivity index (χ3v) is 2.75. The zero-order valence-corrected chi connectivity index (χ0v) is 8.04. The number of halogens is 2. The Hall–Kier alpha value is -1.29. The smallest absolute Gasteiger partial charge is 0.166 e. The van der Waals surface area contributed by atoms with Crippen molar-refractivity contribution in [2.24, 2.45) is 11.7 Å². The maximum absolute atomic E-state index is 12.8. The quantitative estimate of drug-likeness (QED) is 0.759. The molecule has 4 heteroatoms. The van der Waals surface area contributed by atoms with Crippen molar-refractivity contribution in [2.45, 2.75) is 18.9 Å². The summed E-state index contributed by atoms with van der Waals surface area (Å²) in [7, 11) is 0. The number of benzene rings is 1. The molecule has 0 heterocycles. The molecule has 2 nitrogen and oxygen atoms in total. The Kier molecular flexibility index (Phi) is 2.52. The van der Waals surface area contributed by atoms with Crippen LogP contribution >= 0.6 is 0 Å². The molecule has 1 saturated carbocycles. The van der Waals surface area contributed by atoms with Crippen molar-refractivity contribution in [3.8, 4) is 0 Å². The van der Waals surface area contributed by atoms with Crippen molar-refractivity contribution < 1.29 is 13.6 Å². The van der Waals surface area contributed by atoms with Gasteiger partial charge >= 0.3 is 0 Å². The second-order valence-electron chi connectivity index (χ2n) is 3.92. The number of carbonyl (C=O) groups excluding carboxylic acids is 1. The molecule has 0 unspecified atom stereocenters. The van der Waals surface area contributed by atoms with E-state index < -0.39 is 11.6 Å². The summed E-state index contributed by atoms with van der Waals surface area (Å²) in [6.07, 6.45) is 1.27. The fourth-order valence-corrected chi connectivity index (χ4v) is 1.76. The number of hydrogen-bond acceptors (Lipinski definition) is 2. The Morgan fingerprint density at radius 2 is 1.93 bits per heavy atom. The third kappa shape index (κ3) is 1.90. The van der Waals surface area contributed by atoms with E-state index in [1.165, 1.54) is 6.07 Å². The van der Waals surface area contributed by atoms with Crippen molar-refractivity contribution in [2.75, 3.05) is 0 Å². The molecule has 0 radical (unpaired) electrons. The van der Waals surface area contributed by atoms with Gasteiger partial charge in [-0.3, -0.25) is 4.79 Å². The number of nitrogens with two attached hydrogens (primary N) is 1. The number of rotatable bonds is 2. The lowest BCUT2D eigenvalue weighted by atomic mass is 9.76. The first-order valence-electron chi connectivity index (χ1n) is 4.83. The van der Waals surface area contributed by atoms with Gasteiger partial charge in [-0.2, -0.15) is 0 Å². The number of hydrogen-bond donors (Lipinski definition) is 1. The van der Waals surface area contributed by atoms with Crippen LogP contribution in [0.3, 0.4) is 0 Å². The van der Waals surface area contributed by atoms with Crippen LogP contribution in [0.25, 0.3) is 0 Å². The normalized spacial score (nSPS) is 24.7. The van der Waals surface area contributed by atoms with Crippen molar-refractivity contribution >= 4 is 5.78 Å². The van der Waals surface area contributed by atoms with Crippen LogP contribution in [-0.4, -0.2) is 11.8 Å². The molecule has 1 aliphatic rings. The molecule has 0 aromatic heterocycles. The lowest BCUT2D eigenvalue weighted by Gasteiger charge is -2.31. The number of Topliss-reactive ketones (excluding diaryl/α,β-unsaturated/α-hetero) is 1. The minimum Gasteiger partial charge on any atom is -0.328 e. The van der Waals surface area contributed by atoms with Crippen LogP contribution in [0.1, 0.15) is 23.2 Å². The van der Waals surface area contributed by atoms with E-state index in [4.69, 9.17) is 5.73 Å². The summed E-state index contributed by atoms with van der Waals surface area (Å²) in [4.78, 5) is 11.7. The second kappa shape index (κ2) is 3.70. The lowest BCUT2D eigenvalue weighted by Crippen LogP contribution is -2.40. The Morgan fingerprint density at radius 3 is 2.47 bits per heavy atom. The predicted molar refractivity (Wildman–Crippen MR) is 51.4 cm³/mol. The van der Waals surface area contributed by atoms with E-state index in [9.17, 15) is 13.6 Å². The van der Waals surface area contributed by atoms with Gasteiger partial charge in [0.25, 0.3) is 0 Å². The maximum atomic E-state index is 12.8. The van der Waals surface area contributed by atoms with Gasteiger partial charge in [-0.25, -0.2) is 8.78 Å². The summed E-state index contributed by atoms with van der Waals surface area (Å²) >= 11 is 0. The largest absolute Gasteiger partial charge is 0.328 e. The molecule has 1 aliphatic carbocycles. The van der Waals surface area contributed by atoms with Gasteiger partial charge < -0.3 is 5.73 Å². The van der Waals surface area contributed by atoms with Crippen molar-refractivity contribution in [3.05, 3.63) is 35.4 Å². The molecule has 0 saturated heterocycles. The fraction of sp³-hybridized carbons (Fsp3) is 0.364. The SMILES string of the molecule is NC1CC(C(=O)c2ccc(F)c(F)c2)C1. The zero-order chi connectivity index (χ0) is 11.0. The maximum Gasteiger partial charge on any atom is 0.166 e. The van der Waals surface area contributed by atoms with Gasteiger partial charge in [0.05, 0.1) is 0 Å². The highest BCUT2D eigenvalue weighted by molar-refractivity contribution is 5.98. The summed E-state index contributed by atoms with van der Waals surface area (Å²) < 4.78 is 25.5. The average molecular weight is 211 g/mol. The molecule has 2 N–H and O–H groups in total. The van der Waals surface area contributed by atoms with Crippen molar-refractivity contribution in [1.29, 1.82) is 0 Å². The van der Waals surface area contributed by atoms with Crippen molar-refractivity contribution in [1.82, 2.24) is 0 Å². The van der Waals surface area contributed by atoms with Crippen LogP contribution in [0.5, 0.6) is 0 Å². The molecule has 1 aromatic carbocycles. The summed E-state index contributed by atoms with van der Waals surface area (Å²) in [5.74, 6) is -2.18. The highest BCUT2D eigenvalue weighted by atomic mass is 19.2. The van der Waals surface area contributed by atoms with E-state index in [-0.39, 0.29) is 23.3 Å². The van der Waals surface area contributed by atoms with Gasteiger partial charge in [-0.05, 0) is 31.0 Å². The van der Waals surface area contributed by atoms with Crippen molar-refractivity contribution in [3.63, 3.8) is 0 Å². The molecule has 15 heavy (non-hydrogen) atoms. The molecule has 1 fully saturated rings. The third-order valence-electron chi connectivity index (χ3n) is 2.75. The molecule has 0 amide bonds. The summed E-state index contributed by atoms with van der Waals surface area (Å²) in [5, 5.41) is 0. The topological polar surface area (TPSA) is 43.1 Å². The molecule has 0 spiro atoms. The van der Waals surface area contributed by atoms with Gasteiger partial charge in [0.2, 0.25) is 0 Å².